The van der Waals surface area contributed by atoms with Gasteiger partial charge in [0.2, 0.25) is 5.91 Å². The summed E-state index contributed by atoms with van der Waals surface area (Å²) >= 11 is 0. The van der Waals surface area contributed by atoms with Crippen LogP contribution in [0.2, 0.25) is 0 Å². The van der Waals surface area contributed by atoms with Gasteiger partial charge >= 0.3 is 0 Å². The first-order valence-corrected chi connectivity index (χ1v) is 8.44. The molecule has 2 saturated heterocycles. The highest BCUT2D eigenvalue weighted by molar-refractivity contribution is 5.79. The van der Waals surface area contributed by atoms with Gasteiger partial charge in [0.05, 0.1) is 0 Å². The number of nitrogens with zero attached hydrogens (tertiary/aromatic N) is 2. The number of piperidine rings is 2. The van der Waals surface area contributed by atoms with Gasteiger partial charge in [-0.1, -0.05) is 6.92 Å². The highest BCUT2D eigenvalue weighted by Gasteiger charge is 2.30. The maximum Gasteiger partial charge on any atom is 0.225 e. The maximum absolute atomic E-state index is 12.6. The third-order valence-electron chi connectivity index (χ3n) is 4.96. The largest absolute Gasteiger partial charge is 0.405 e. The Labute approximate surface area is 134 Å². The van der Waals surface area contributed by atoms with Gasteiger partial charge in [0.15, 0.2) is 0 Å². The van der Waals surface area contributed by atoms with Crippen LogP contribution in [0.5, 0.6) is 0 Å². The van der Waals surface area contributed by atoms with Crippen LogP contribution >= 0.6 is 0 Å². The molecule has 0 radical (unpaired) electrons. The Hall–Kier alpha value is -1.49. The Morgan fingerprint density at radius 2 is 1.73 bits per heavy atom. The van der Waals surface area contributed by atoms with Crippen molar-refractivity contribution >= 4 is 5.91 Å². The minimum Gasteiger partial charge on any atom is -0.405 e. The smallest absolute Gasteiger partial charge is 0.225 e. The van der Waals surface area contributed by atoms with E-state index in [0.717, 1.165) is 69.9 Å². The Bertz CT molecular complexity index is 416. The number of carbonyl (C=O) groups excluding carboxylic acids is 1. The molecule has 4 N–H and O–H groups in total. The molecular formula is C17H30N4O. The van der Waals surface area contributed by atoms with Crippen molar-refractivity contribution in [3.8, 4) is 0 Å². The van der Waals surface area contributed by atoms with Crippen LogP contribution in [-0.4, -0.2) is 48.4 Å². The molecular weight excluding hydrogens is 276 g/mol. The number of carbonyl (C=O) groups is 1. The first-order chi connectivity index (χ1) is 10.6. The van der Waals surface area contributed by atoms with Crippen LogP contribution in [0.1, 0.15) is 32.6 Å². The predicted octanol–water partition coefficient (Wildman–Crippen LogP) is 1.27. The summed E-state index contributed by atoms with van der Waals surface area (Å²) in [5.74, 6) is 1.35. The molecule has 0 bridgehead atoms. The summed E-state index contributed by atoms with van der Waals surface area (Å²) in [5, 5.41) is 0. The van der Waals surface area contributed by atoms with E-state index in [-0.39, 0.29) is 5.92 Å². The highest BCUT2D eigenvalue weighted by atomic mass is 16.2. The number of nitrogens with two attached hydrogens (primary N) is 2. The SMILES string of the molecule is CC1CCN(C(=O)C2CCN(CC(/C=C\N)=C/N)CC2)CC1. The average molecular weight is 306 g/mol. The fourth-order valence-electron chi connectivity index (χ4n) is 3.37. The minimum atomic E-state index is 0.208. The van der Waals surface area contributed by atoms with Crippen LogP contribution < -0.4 is 11.5 Å². The Kier molecular flexibility index (Phi) is 6.31. The first kappa shape index (κ1) is 16.9. The summed E-state index contributed by atoms with van der Waals surface area (Å²) < 4.78 is 0. The molecule has 5 nitrogen and oxygen atoms in total. The van der Waals surface area contributed by atoms with E-state index in [1.165, 1.54) is 6.20 Å². The monoisotopic (exact) mass is 306 g/mol. The van der Waals surface area contributed by atoms with Crippen LogP contribution in [0.3, 0.4) is 0 Å². The lowest BCUT2D eigenvalue weighted by Gasteiger charge is -2.36. The van der Waals surface area contributed by atoms with Gasteiger partial charge in [-0.25, -0.2) is 0 Å². The second kappa shape index (κ2) is 8.22. The van der Waals surface area contributed by atoms with Gasteiger partial charge < -0.3 is 16.4 Å². The van der Waals surface area contributed by atoms with E-state index < -0.39 is 0 Å². The van der Waals surface area contributed by atoms with Crippen molar-refractivity contribution in [3.05, 3.63) is 24.0 Å². The highest BCUT2D eigenvalue weighted by Crippen LogP contribution is 2.23. The third kappa shape index (κ3) is 4.50. The lowest BCUT2D eigenvalue weighted by molar-refractivity contribution is -0.138. The lowest BCUT2D eigenvalue weighted by Crippen LogP contribution is -2.45. The van der Waals surface area contributed by atoms with Gasteiger partial charge in [-0.05, 0) is 68.7 Å². The normalized spacial score (nSPS) is 23.3. The number of amides is 1. The molecule has 124 valence electrons. The summed E-state index contributed by atoms with van der Waals surface area (Å²) in [4.78, 5) is 17.0. The van der Waals surface area contributed by atoms with Crippen molar-refractivity contribution in [1.82, 2.24) is 9.80 Å². The zero-order valence-corrected chi connectivity index (χ0v) is 13.7. The topological polar surface area (TPSA) is 75.6 Å². The molecule has 2 aliphatic rings. The molecule has 0 spiro atoms. The maximum atomic E-state index is 12.6. The number of hydrogen-bond acceptors (Lipinski definition) is 4. The molecule has 0 aromatic carbocycles. The summed E-state index contributed by atoms with van der Waals surface area (Å²) in [7, 11) is 0. The van der Waals surface area contributed by atoms with Crippen LogP contribution in [-0.2, 0) is 4.79 Å². The van der Waals surface area contributed by atoms with Crippen LogP contribution in [0, 0.1) is 11.8 Å². The van der Waals surface area contributed by atoms with Gasteiger partial charge in [0.1, 0.15) is 0 Å². The predicted molar refractivity (Wildman–Crippen MR) is 89.7 cm³/mol. The van der Waals surface area contributed by atoms with E-state index in [4.69, 9.17) is 11.5 Å². The Morgan fingerprint density at radius 1 is 1.09 bits per heavy atom. The van der Waals surface area contributed by atoms with E-state index in [2.05, 4.69) is 16.7 Å². The van der Waals surface area contributed by atoms with Crippen LogP contribution in [0.15, 0.2) is 24.0 Å². The van der Waals surface area contributed by atoms with Gasteiger partial charge in [0, 0.05) is 25.6 Å². The fraction of sp³-hybridized carbons (Fsp3) is 0.706. The lowest BCUT2D eigenvalue weighted by atomic mass is 9.92. The van der Waals surface area contributed by atoms with Crippen molar-refractivity contribution in [3.63, 3.8) is 0 Å². The van der Waals surface area contributed by atoms with Gasteiger partial charge in [0.25, 0.3) is 0 Å². The zero-order valence-electron chi connectivity index (χ0n) is 13.7. The molecule has 0 atom stereocenters. The number of likely N-dealkylation sites (tertiary alicyclic amines) is 2. The molecule has 2 heterocycles. The van der Waals surface area contributed by atoms with Crippen molar-refractivity contribution < 1.29 is 4.79 Å². The molecule has 22 heavy (non-hydrogen) atoms. The van der Waals surface area contributed by atoms with Crippen molar-refractivity contribution in [2.24, 2.45) is 23.3 Å². The molecule has 2 aliphatic heterocycles. The van der Waals surface area contributed by atoms with E-state index in [0.29, 0.717) is 5.91 Å². The summed E-state index contributed by atoms with van der Waals surface area (Å²) in [6.45, 7) is 6.89. The average Bonchev–Trinajstić information content (AvgIpc) is 2.55. The number of hydrogen-bond donors (Lipinski definition) is 2. The Balaban J connectivity index is 1.78. The summed E-state index contributed by atoms with van der Waals surface area (Å²) in [6.07, 6.45) is 9.18. The van der Waals surface area contributed by atoms with E-state index in [9.17, 15) is 4.79 Å². The fourth-order valence-corrected chi connectivity index (χ4v) is 3.37. The summed E-state index contributed by atoms with van der Waals surface area (Å²) in [5.41, 5.74) is 12.0. The standard InChI is InChI=1S/C17H30N4O/c1-14-3-10-21(11-4-14)17(22)16-5-8-20(9-6-16)13-15(12-19)2-7-18/h2,7,12,14,16H,3-6,8-11,13,18-19H2,1H3/b7-2-,15-12+. The van der Waals surface area contributed by atoms with Gasteiger partial charge in [-0.2, -0.15) is 0 Å². The van der Waals surface area contributed by atoms with E-state index in [1.54, 1.807) is 6.20 Å². The van der Waals surface area contributed by atoms with Crippen LogP contribution in [0.25, 0.3) is 0 Å². The molecule has 1 amide bonds. The van der Waals surface area contributed by atoms with Gasteiger partial charge in [-0.15, -0.1) is 0 Å². The summed E-state index contributed by atoms with van der Waals surface area (Å²) in [6, 6.07) is 0. The second-order valence-electron chi connectivity index (χ2n) is 6.66. The zero-order chi connectivity index (χ0) is 15.9. The molecule has 0 aromatic heterocycles. The Morgan fingerprint density at radius 3 is 2.27 bits per heavy atom. The van der Waals surface area contributed by atoms with Crippen molar-refractivity contribution in [2.75, 3.05) is 32.7 Å². The molecule has 0 aromatic rings. The van der Waals surface area contributed by atoms with Crippen molar-refractivity contribution in [1.29, 1.82) is 0 Å². The van der Waals surface area contributed by atoms with E-state index in [1.807, 2.05) is 6.08 Å². The van der Waals surface area contributed by atoms with E-state index >= 15 is 0 Å². The minimum absolute atomic E-state index is 0.208. The first-order valence-electron chi connectivity index (χ1n) is 8.44. The second-order valence-corrected chi connectivity index (χ2v) is 6.66. The molecule has 0 aliphatic carbocycles. The molecule has 2 fully saturated rings. The molecule has 2 rings (SSSR count). The quantitative estimate of drug-likeness (QED) is 0.767. The van der Waals surface area contributed by atoms with Crippen LogP contribution in [0.4, 0.5) is 0 Å². The van der Waals surface area contributed by atoms with Crippen molar-refractivity contribution in [2.45, 2.75) is 32.6 Å². The molecule has 0 saturated carbocycles. The van der Waals surface area contributed by atoms with Gasteiger partial charge in [-0.3, -0.25) is 9.69 Å². The number of rotatable bonds is 4. The molecule has 5 heteroatoms. The molecule has 0 unspecified atom stereocenters. The third-order valence-corrected chi connectivity index (χ3v) is 4.96.